The Balaban J connectivity index is 2.25. The lowest BCUT2D eigenvalue weighted by Gasteiger charge is -2.14. The predicted octanol–water partition coefficient (Wildman–Crippen LogP) is -0.366. The molecule has 1 aromatic heterocycles. The summed E-state index contributed by atoms with van der Waals surface area (Å²) in [7, 11) is 0. The average molecular weight is 271 g/mol. The first kappa shape index (κ1) is 13.3. The Kier molecular flexibility index (Phi) is 3.65. The largest absolute Gasteiger partial charge is 0.390 e. The predicted molar refractivity (Wildman–Crippen MR) is 59.8 cm³/mol. The van der Waals surface area contributed by atoms with E-state index in [0.29, 0.717) is 6.20 Å². The number of hydrogen-bond donors (Lipinski definition) is 2. The number of aromatic amines is 1. The third-order valence-electron chi connectivity index (χ3n) is 2.76. The molecule has 1 saturated heterocycles. The van der Waals surface area contributed by atoms with Gasteiger partial charge in [-0.15, -0.1) is 0 Å². The zero-order chi connectivity index (χ0) is 14.0. The van der Waals surface area contributed by atoms with Crippen LogP contribution in [-0.4, -0.2) is 33.4 Å². The van der Waals surface area contributed by atoms with E-state index in [-0.39, 0.29) is 13.0 Å². The SMILES string of the molecule is [N-]=[N+]=NC[C@@H]1O[C@H](n2cc(F)c(=O)[nH]c2=O)CC1O. The lowest BCUT2D eigenvalue weighted by molar-refractivity contribution is -0.0155. The molecule has 1 fully saturated rings. The number of aliphatic hydroxyl groups is 1. The third-order valence-corrected chi connectivity index (χ3v) is 2.76. The van der Waals surface area contributed by atoms with Crippen molar-refractivity contribution in [2.24, 2.45) is 5.11 Å². The summed E-state index contributed by atoms with van der Waals surface area (Å²) in [4.78, 5) is 26.7. The molecule has 0 radical (unpaired) electrons. The Morgan fingerprint density at radius 3 is 3.11 bits per heavy atom. The van der Waals surface area contributed by atoms with Crippen LogP contribution in [0.25, 0.3) is 10.4 Å². The van der Waals surface area contributed by atoms with Gasteiger partial charge in [0.2, 0.25) is 5.82 Å². The molecule has 0 spiro atoms. The summed E-state index contributed by atoms with van der Waals surface area (Å²) < 4.78 is 19.3. The summed E-state index contributed by atoms with van der Waals surface area (Å²) in [6, 6.07) is 0. The van der Waals surface area contributed by atoms with Crippen LogP contribution < -0.4 is 11.2 Å². The highest BCUT2D eigenvalue weighted by Gasteiger charge is 2.35. The fourth-order valence-corrected chi connectivity index (χ4v) is 1.84. The summed E-state index contributed by atoms with van der Waals surface area (Å²) in [6.07, 6.45) is -1.90. The third kappa shape index (κ3) is 2.65. The van der Waals surface area contributed by atoms with Crippen LogP contribution in [0.4, 0.5) is 4.39 Å². The first-order valence-electron chi connectivity index (χ1n) is 5.38. The van der Waals surface area contributed by atoms with Crippen LogP contribution in [0, 0.1) is 5.82 Å². The number of aliphatic hydroxyl groups excluding tert-OH is 1. The van der Waals surface area contributed by atoms with Gasteiger partial charge in [-0.3, -0.25) is 14.3 Å². The maximum atomic E-state index is 13.1. The lowest BCUT2D eigenvalue weighted by Crippen LogP contribution is -2.34. The molecule has 2 heterocycles. The zero-order valence-corrected chi connectivity index (χ0v) is 9.56. The molecule has 0 aliphatic carbocycles. The molecule has 10 heteroatoms. The smallest absolute Gasteiger partial charge is 0.330 e. The van der Waals surface area contributed by atoms with Gasteiger partial charge in [0.15, 0.2) is 0 Å². The standard InChI is InChI=1S/C9H10FN5O4/c10-4-3-15(9(18)13-8(4)17)7-1-5(16)6(19-7)2-12-14-11/h3,5-7,16H,1-2H2,(H,13,17,18)/t5?,6-,7-/m0/s1. The van der Waals surface area contributed by atoms with Gasteiger partial charge in [0.05, 0.1) is 24.9 Å². The van der Waals surface area contributed by atoms with Crippen molar-refractivity contribution >= 4 is 0 Å². The second-order valence-electron chi connectivity index (χ2n) is 3.99. The average Bonchev–Trinajstić information content (AvgIpc) is 2.72. The summed E-state index contributed by atoms with van der Waals surface area (Å²) in [5.74, 6) is -1.13. The van der Waals surface area contributed by atoms with Crippen LogP contribution in [0.15, 0.2) is 20.9 Å². The lowest BCUT2D eigenvalue weighted by atomic mass is 10.2. The number of hydrogen-bond acceptors (Lipinski definition) is 5. The number of nitrogens with one attached hydrogen (secondary N) is 1. The van der Waals surface area contributed by atoms with Gasteiger partial charge in [-0.05, 0) is 5.53 Å². The van der Waals surface area contributed by atoms with Crippen molar-refractivity contribution in [2.75, 3.05) is 6.54 Å². The second kappa shape index (κ2) is 5.22. The first-order valence-corrected chi connectivity index (χ1v) is 5.38. The van der Waals surface area contributed by atoms with Gasteiger partial charge < -0.3 is 9.84 Å². The van der Waals surface area contributed by atoms with Gasteiger partial charge in [0, 0.05) is 11.3 Å². The highest BCUT2D eigenvalue weighted by molar-refractivity contribution is 4.91. The minimum Gasteiger partial charge on any atom is -0.390 e. The van der Waals surface area contributed by atoms with Gasteiger partial charge in [-0.2, -0.15) is 4.39 Å². The van der Waals surface area contributed by atoms with Crippen molar-refractivity contribution in [3.63, 3.8) is 0 Å². The summed E-state index contributed by atoms with van der Waals surface area (Å²) in [5.41, 5.74) is 6.22. The fraction of sp³-hybridized carbons (Fsp3) is 0.556. The maximum Gasteiger partial charge on any atom is 0.330 e. The van der Waals surface area contributed by atoms with E-state index in [1.165, 1.54) is 0 Å². The Labute approximate surface area is 104 Å². The van der Waals surface area contributed by atoms with Crippen molar-refractivity contribution in [3.8, 4) is 0 Å². The maximum absolute atomic E-state index is 13.1. The van der Waals surface area contributed by atoms with Crippen molar-refractivity contribution in [3.05, 3.63) is 43.3 Å². The molecule has 2 N–H and O–H groups in total. The number of halogens is 1. The van der Waals surface area contributed by atoms with Crippen LogP contribution in [0.3, 0.4) is 0 Å². The van der Waals surface area contributed by atoms with E-state index < -0.39 is 35.5 Å². The number of rotatable bonds is 3. The van der Waals surface area contributed by atoms with Crippen LogP contribution in [0.2, 0.25) is 0 Å². The monoisotopic (exact) mass is 271 g/mol. The minimum absolute atomic E-state index is 0.0248. The molecule has 0 bridgehead atoms. The van der Waals surface area contributed by atoms with Crippen LogP contribution in [0.5, 0.6) is 0 Å². The van der Waals surface area contributed by atoms with E-state index in [4.69, 9.17) is 10.3 Å². The molecule has 9 nitrogen and oxygen atoms in total. The number of aromatic nitrogens is 2. The molecule has 1 aliphatic rings. The fourth-order valence-electron chi connectivity index (χ4n) is 1.84. The van der Waals surface area contributed by atoms with E-state index in [1.807, 2.05) is 0 Å². The Hall–Kier alpha value is -2.16. The van der Waals surface area contributed by atoms with Crippen molar-refractivity contribution in [2.45, 2.75) is 24.9 Å². The number of nitrogens with zero attached hydrogens (tertiary/aromatic N) is 4. The topological polar surface area (TPSA) is 133 Å². The van der Waals surface area contributed by atoms with E-state index in [2.05, 4.69) is 10.0 Å². The molecule has 19 heavy (non-hydrogen) atoms. The first-order chi connectivity index (χ1) is 9.02. The second-order valence-corrected chi connectivity index (χ2v) is 3.99. The summed E-state index contributed by atoms with van der Waals surface area (Å²) in [6.45, 7) is -0.102. The van der Waals surface area contributed by atoms with Crippen molar-refractivity contribution in [1.82, 2.24) is 9.55 Å². The molecule has 2 rings (SSSR count). The Morgan fingerprint density at radius 1 is 1.68 bits per heavy atom. The molecule has 0 amide bonds. The minimum atomic E-state index is -1.13. The molecule has 1 aliphatic heterocycles. The summed E-state index contributed by atoms with van der Waals surface area (Å²) >= 11 is 0. The van der Waals surface area contributed by atoms with E-state index in [1.54, 1.807) is 4.98 Å². The molecule has 3 atom stereocenters. The summed E-state index contributed by atoms with van der Waals surface area (Å²) in [5, 5.41) is 12.9. The highest BCUT2D eigenvalue weighted by Crippen LogP contribution is 2.27. The molecular formula is C9H10FN5O4. The normalized spacial score (nSPS) is 26.1. The van der Waals surface area contributed by atoms with Crippen LogP contribution in [-0.2, 0) is 4.74 Å². The molecule has 0 aromatic carbocycles. The van der Waals surface area contributed by atoms with E-state index in [9.17, 15) is 19.1 Å². The Bertz CT molecular complexity index is 634. The molecule has 1 aromatic rings. The van der Waals surface area contributed by atoms with Crippen molar-refractivity contribution in [1.29, 1.82) is 0 Å². The van der Waals surface area contributed by atoms with Crippen LogP contribution in [0.1, 0.15) is 12.6 Å². The Morgan fingerprint density at radius 2 is 2.42 bits per heavy atom. The van der Waals surface area contributed by atoms with Gasteiger partial charge >= 0.3 is 5.69 Å². The van der Waals surface area contributed by atoms with Gasteiger partial charge in [0.25, 0.3) is 5.56 Å². The van der Waals surface area contributed by atoms with Gasteiger partial charge in [0.1, 0.15) is 6.23 Å². The van der Waals surface area contributed by atoms with E-state index >= 15 is 0 Å². The number of H-pyrrole nitrogens is 1. The van der Waals surface area contributed by atoms with Crippen molar-refractivity contribution < 1.29 is 14.2 Å². The zero-order valence-electron chi connectivity index (χ0n) is 9.56. The molecular weight excluding hydrogens is 261 g/mol. The highest BCUT2D eigenvalue weighted by atomic mass is 19.1. The number of azide groups is 1. The van der Waals surface area contributed by atoms with Gasteiger partial charge in [-0.1, -0.05) is 5.11 Å². The number of ether oxygens (including phenoxy) is 1. The van der Waals surface area contributed by atoms with E-state index in [0.717, 1.165) is 4.57 Å². The van der Waals surface area contributed by atoms with Gasteiger partial charge in [-0.25, -0.2) is 4.79 Å². The van der Waals surface area contributed by atoms with Crippen LogP contribution >= 0.6 is 0 Å². The molecule has 0 saturated carbocycles. The molecule has 1 unspecified atom stereocenters. The molecule has 102 valence electrons. The quantitative estimate of drug-likeness (QED) is 0.441.